The summed E-state index contributed by atoms with van der Waals surface area (Å²) >= 11 is 1.68. The van der Waals surface area contributed by atoms with Crippen LogP contribution in [0.15, 0.2) is 65.8 Å². The molecule has 106 valence electrons. The summed E-state index contributed by atoms with van der Waals surface area (Å²) in [4.78, 5) is 17.4. The Kier molecular flexibility index (Phi) is 4.21. The van der Waals surface area contributed by atoms with Crippen LogP contribution in [0.5, 0.6) is 0 Å². The van der Waals surface area contributed by atoms with E-state index in [-0.39, 0.29) is 5.91 Å². The molecule has 0 saturated carbocycles. The first-order valence-corrected chi connectivity index (χ1v) is 7.71. The third kappa shape index (κ3) is 3.44. The Morgan fingerprint density at radius 2 is 1.86 bits per heavy atom. The molecule has 0 atom stereocenters. The molecule has 1 heterocycles. The summed E-state index contributed by atoms with van der Waals surface area (Å²) in [5, 5.41) is 0. The van der Waals surface area contributed by atoms with Crippen molar-refractivity contribution in [2.24, 2.45) is 0 Å². The first-order valence-electron chi connectivity index (χ1n) is 6.73. The number of carbonyl (C=O) groups is 1. The van der Waals surface area contributed by atoms with Crippen LogP contribution in [0.1, 0.15) is 6.42 Å². The van der Waals surface area contributed by atoms with Crippen LogP contribution in [0.2, 0.25) is 0 Å². The monoisotopic (exact) mass is 297 g/mol. The first-order chi connectivity index (χ1) is 10.3. The van der Waals surface area contributed by atoms with Gasteiger partial charge in [0.25, 0.3) is 0 Å². The first kappa shape index (κ1) is 13.7. The molecule has 4 nitrogen and oxygen atoms in total. The van der Waals surface area contributed by atoms with Crippen molar-refractivity contribution in [1.29, 1.82) is 0 Å². The van der Waals surface area contributed by atoms with Crippen molar-refractivity contribution in [1.82, 2.24) is 9.66 Å². The van der Waals surface area contributed by atoms with Gasteiger partial charge in [0.15, 0.2) is 0 Å². The highest BCUT2D eigenvalue weighted by molar-refractivity contribution is 7.99. The molecule has 0 aliphatic heterocycles. The van der Waals surface area contributed by atoms with E-state index in [0.717, 1.165) is 16.8 Å². The van der Waals surface area contributed by atoms with E-state index in [1.165, 1.54) is 4.90 Å². The molecule has 3 aromatic rings. The number of para-hydroxylation sites is 2. The Bertz CT molecular complexity index is 739. The predicted molar refractivity (Wildman–Crippen MR) is 85.9 cm³/mol. The average Bonchev–Trinajstić information content (AvgIpc) is 2.92. The molecule has 0 bridgehead atoms. The molecule has 3 rings (SSSR count). The number of thioether (sulfide) groups is 1. The van der Waals surface area contributed by atoms with Gasteiger partial charge in [0, 0.05) is 17.1 Å². The normalized spacial score (nSPS) is 10.7. The molecule has 1 amide bonds. The van der Waals surface area contributed by atoms with Crippen LogP contribution < -0.4 is 5.43 Å². The molecule has 2 aromatic carbocycles. The minimum atomic E-state index is -0.0124. The standard InChI is InChI=1S/C16H15N3OS/c20-16(10-11-21-13-6-2-1-3-7-13)18-19-12-17-14-8-4-5-9-15(14)19/h1-9,12H,10-11H2,(H,18,20). The molecule has 1 N–H and O–H groups in total. The summed E-state index contributed by atoms with van der Waals surface area (Å²) in [5.41, 5.74) is 4.63. The minimum absolute atomic E-state index is 0.0124. The second-order valence-electron chi connectivity index (χ2n) is 4.55. The third-order valence-electron chi connectivity index (χ3n) is 3.04. The Labute approximate surface area is 127 Å². The number of hydrogen-bond acceptors (Lipinski definition) is 3. The van der Waals surface area contributed by atoms with E-state index in [2.05, 4.69) is 10.4 Å². The van der Waals surface area contributed by atoms with Gasteiger partial charge in [0.2, 0.25) is 5.91 Å². The van der Waals surface area contributed by atoms with Crippen LogP contribution in [0, 0.1) is 0 Å². The van der Waals surface area contributed by atoms with Gasteiger partial charge in [-0.2, -0.15) is 0 Å². The van der Waals surface area contributed by atoms with Crippen molar-refractivity contribution in [2.75, 3.05) is 11.2 Å². The molecule has 1 aromatic heterocycles. The molecule has 0 spiro atoms. The SMILES string of the molecule is O=C(CCSc1ccccc1)Nn1cnc2ccccc21. The number of amides is 1. The second-order valence-corrected chi connectivity index (χ2v) is 5.72. The maximum atomic E-state index is 12.0. The van der Waals surface area contributed by atoms with Crippen molar-refractivity contribution in [3.05, 3.63) is 60.9 Å². The van der Waals surface area contributed by atoms with Gasteiger partial charge in [-0.3, -0.25) is 10.2 Å². The summed E-state index contributed by atoms with van der Waals surface area (Å²) in [6.07, 6.45) is 2.10. The third-order valence-corrected chi connectivity index (χ3v) is 4.05. The van der Waals surface area contributed by atoms with Gasteiger partial charge in [-0.05, 0) is 24.3 Å². The fraction of sp³-hybridized carbons (Fsp3) is 0.125. The van der Waals surface area contributed by atoms with Crippen molar-refractivity contribution >= 4 is 28.7 Å². The maximum Gasteiger partial charge on any atom is 0.239 e. The topological polar surface area (TPSA) is 46.9 Å². The number of imidazole rings is 1. The summed E-state index contributed by atoms with van der Waals surface area (Å²) in [6.45, 7) is 0. The van der Waals surface area contributed by atoms with Crippen LogP contribution in [-0.4, -0.2) is 21.3 Å². The van der Waals surface area contributed by atoms with E-state index in [0.29, 0.717) is 6.42 Å². The van der Waals surface area contributed by atoms with Gasteiger partial charge in [-0.1, -0.05) is 30.3 Å². The molecular formula is C16H15N3OS. The minimum Gasteiger partial charge on any atom is -0.273 e. The second kappa shape index (κ2) is 6.45. The molecule has 0 aliphatic rings. The summed E-state index contributed by atoms with van der Waals surface area (Å²) in [7, 11) is 0. The van der Waals surface area contributed by atoms with Gasteiger partial charge in [-0.15, -0.1) is 11.8 Å². The van der Waals surface area contributed by atoms with Crippen LogP contribution in [0.25, 0.3) is 11.0 Å². The largest absolute Gasteiger partial charge is 0.273 e. The number of benzene rings is 2. The van der Waals surface area contributed by atoms with E-state index in [1.54, 1.807) is 22.8 Å². The smallest absolute Gasteiger partial charge is 0.239 e. The van der Waals surface area contributed by atoms with Gasteiger partial charge < -0.3 is 0 Å². The Hall–Kier alpha value is -2.27. The highest BCUT2D eigenvalue weighted by atomic mass is 32.2. The zero-order valence-corrected chi connectivity index (χ0v) is 12.2. The van der Waals surface area contributed by atoms with Crippen molar-refractivity contribution < 1.29 is 4.79 Å². The number of aromatic nitrogens is 2. The number of nitrogens with zero attached hydrogens (tertiary/aromatic N) is 2. The van der Waals surface area contributed by atoms with Crippen LogP contribution in [0.3, 0.4) is 0 Å². The van der Waals surface area contributed by atoms with Gasteiger partial charge in [0.1, 0.15) is 6.33 Å². The van der Waals surface area contributed by atoms with E-state index < -0.39 is 0 Å². The number of nitrogens with one attached hydrogen (secondary N) is 1. The molecule has 0 saturated heterocycles. The van der Waals surface area contributed by atoms with E-state index in [4.69, 9.17) is 0 Å². The van der Waals surface area contributed by atoms with Crippen molar-refractivity contribution in [3.63, 3.8) is 0 Å². The van der Waals surface area contributed by atoms with Gasteiger partial charge in [-0.25, -0.2) is 9.66 Å². The molecule has 0 fully saturated rings. The quantitative estimate of drug-likeness (QED) is 0.735. The van der Waals surface area contributed by atoms with Gasteiger partial charge in [0.05, 0.1) is 11.0 Å². The lowest BCUT2D eigenvalue weighted by Gasteiger charge is -2.06. The van der Waals surface area contributed by atoms with E-state index >= 15 is 0 Å². The van der Waals surface area contributed by atoms with Crippen LogP contribution >= 0.6 is 11.8 Å². The molecule has 0 unspecified atom stereocenters. The van der Waals surface area contributed by atoms with Crippen LogP contribution in [-0.2, 0) is 4.79 Å². The molecule has 21 heavy (non-hydrogen) atoms. The zero-order valence-electron chi connectivity index (χ0n) is 11.4. The summed E-state index contributed by atoms with van der Waals surface area (Å²) < 4.78 is 1.67. The lowest BCUT2D eigenvalue weighted by Crippen LogP contribution is -2.22. The summed E-state index contributed by atoms with van der Waals surface area (Å²) in [6, 6.07) is 17.8. The molecular weight excluding hydrogens is 282 g/mol. The predicted octanol–water partition coefficient (Wildman–Crippen LogP) is 3.29. The Balaban J connectivity index is 1.55. The summed E-state index contributed by atoms with van der Waals surface area (Å²) in [5.74, 6) is 0.740. The molecule has 0 radical (unpaired) electrons. The molecule has 5 heteroatoms. The highest BCUT2D eigenvalue weighted by Gasteiger charge is 2.06. The van der Waals surface area contributed by atoms with Gasteiger partial charge >= 0.3 is 0 Å². The lowest BCUT2D eigenvalue weighted by atomic mass is 10.3. The highest BCUT2D eigenvalue weighted by Crippen LogP contribution is 2.17. The maximum absolute atomic E-state index is 12.0. The Morgan fingerprint density at radius 1 is 1.10 bits per heavy atom. The number of carbonyl (C=O) groups excluding carboxylic acids is 1. The fourth-order valence-corrected chi connectivity index (χ4v) is 2.89. The number of hydrogen-bond donors (Lipinski definition) is 1. The lowest BCUT2D eigenvalue weighted by molar-refractivity contribution is -0.116. The van der Waals surface area contributed by atoms with E-state index in [1.807, 2.05) is 54.6 Å². The van der Waals surface area contributed by atoms with Crippen LogP contribution in [0.4, 0.5) is 0 Å². The zero-order chi connectivity index (χ0) is 14.5. The molecule has 0 aliphatic carbocycles. The van der Waals surface area contributed by atoms with Crippen molar-refractivity contribution in [2.45, 2.75) is 11.3 Å². The number of fused-ring (bicyclic) bond motifs is 1. The fourth-order valence-electron chi connectivity index (χ4n) is 2.02. The Morgan fingerprint density at radius 3 is 2.71 bits per heavy atom. The van der Waals surface area contributed by atoms with Crippen molar-refractivity contribution in [3.8, 4) is 0 Å². The number of rotatable bonds is 5. The van der Waals surface area contributed by atoms with E-state index in [9.17, 15) is 4.79 Å². The average molecular weight is 297 g/mol.